The van der Waals surface area contributed by atoms with Crippen LogP contribution in [0.3, 0.4) is 0 Å². The van der Waals surface area contributed by atoms with Gasteiger partial charge >= 0.3 is 0 Å². The van der Waals surface area contributed by atoms with Crippen LogP contribution in [0.1, 0.15) is 32.9 Å². The molecule has 0 N–H and O–H groups in total. The lowest BCUT2D eigenvalue weighted by Gasteiger charge is -2.08. The molecule has 3 nitrogen and oxygen atoms in total. The number of hydrogen-bond acceptors (Lipinski definition) is 3. The SMILES string of the molecule is COc1ccc(C(=O)c2ccc(C)nc2C)cc1C. The second kappa shape index (κ2) is 5.22. The van der Waals surface area contributed by atoms with Gasteiger partial charge in [0, 0.05) is 22.5 Å². The van der Waals surface area contributed by atoms with Crippen molar-refractivity contribution in [2.75, 3.05) is 7.11 Å². The maximum atomic E-state index is 12.4. The summed E-state index contributed by atoms with van der Waals surface area (Å²) in [6.45, 7) is 5.70. The topological polar surface area (TPSA) is 39.2 Å². The summed E-state index contributed by atoms with van der Waals surface area (Å²) in [5.41, 5.74) is 3.94. The molecule has 0 aliphatic carbocycles. The number of aryl methyl sites for hydroxylation is 3. The van der Waals surface area contributed by atoms with Gasteiger partial charge in [-0.2, -0.15) is 0 Å². The number of benzene rings is 1. The van der Waals surface area contributed by atoms with Crippen LogP contribution >= 0.6 is 0 Å². The normalized spacial score (nSPS) is 10.3. The summed E-state index contributed by atoms with van der Waals surface area (Å²) >= 11 is 0. The fraction of sp³-hybridized carbons (Fsp3) is 0.250. The van der Waals surface area contributed by atoms with Gasteiger partial charge < -0.3 is 4.74 Å². The third-order valence-electron chi connectivity index (χ3n) is 3.13. The van der Waals surface area contributed by atoms with Crippen molar-refractivity contribution in [3.8, 4) is 5.75 Å². The first kappa shape index (κ1) is 13.3. The minimum absolute atomic E-state index is 0.00393. The zero-order valence-electron chi connectivity index (χ0n) is 11.7. The highest BCUT2D eigenvalue weighted by atomic mass is 16.5. The molecule has 19 heavy (non-hydrogen) atoms. The number of carbonyl (C=O) groups is 1. The van der Waals surface area contributed by atoms with Crippen molar-refractivity contribution in [2.24, 2.45) is 0 Å². The van der Waals surface area contributed by atoms with Crippen molar-refractivity contribution >= 4 is 5.78 Å². The zero-order valence-corrected chi connectivity index (χ0v) is 11.7. The molecule has 0 saturated heterocycles. The molecule has 0 fully saturated rings. The van der Waals surface area contributed by atoms with Gasteiger partial charge in [-0.05, 0) is 56.7 Å². The lowest BCUT2D eigenvalue weighted by atomic mass is 10.00. The Balaban J connectivity index is 2.41. The quantitative estimate of drug-likeness (QED) is 0.790. The number of nitrogens with zero attached hydrogens (tertiary/aromatic N) is 1. The number of pyridine rings is 1. The highest BCUT2D eigenvalue weighted by Gasteiger charge is 2.13. The molecule has 0 aliphatic rings. The highest BCUT2D eigenvalue weighted by Crippen LogP contribution is 2.21. The summed E-state index contributed by atoms with van der Waals surface area (Å²) in [7, 11) is 1.62. The standard InChI is InChI=1S/C16H17NO2/c1-10-9-13(6-8-15(10)19-4)16(18)14-7-5-11(2)17-12(14)3/h5-9H,1-4H3. The van der Waals surface area contributed by atoms with Crippen LogP contribution < -0.4 is 4.74 Å². The van der Waals surface area contributed by atoms with Gasteiger partial charge in [-0.1, -0.05) is 0 Å². The Hall–Kier alpha value is -2.16. The second-order valence-corrected chi connectivity index (χ2v) is 4.60. The summed E-state index contributed by atoms with van der Waals surface area (Å²) in [5.74, 6) is 0.783. The van der Waals surface area contributed by atoms with Crippen molar-refractivity contribution in [3.05, 3.63) is 58.4 Å². The molecule has 1 aromatic carbocycles. The Bertz CT molecular complexity index is 633. The molecule has 3 heteroatoms. The Morgan fingerprint density at radius 2 is 1.84 bits per heavy atom. The third-order valence-corrected chi connectivity index (χ3v) is 3.13. The van der Waals surface area contributed by atoms with E-state index in [0.717, 1.165) is 22.7 Å². The number of hydrogen-bond donors (Lipinski definition) is 0. The second-order valence-electron chi connectivity index (χ2n) is 4.60. The Kier molecular flexibility index (Phi) is 3.65. The van der Waals surface area contributed by atoms with E-state index < -0.39 is 0 Å². The Morgan fingerprint density at radius 3 is 2.42 bits per heavy atom. The number of carbonyl (C=O) groups excluding carboxylic acids is 1. The van der Waals surface area contributed by atoms with Crippen LogP contribution in [-0.2, 0) is 0 Å². The van der Waals surface area contributed by atoms with E-state index in [-0.39, 0.29) is 5.78 Å². The monoisotopic (exact) mass is 255 g/mol. The molecule has 0 radical (unpaired) electrons. The minimum Gasteiger partial charge on any atom is -0.496 e. The van der Waals surface area contributed by atoms with Crippen molar-refractivity contribution < 1.29 is 9.53 Å². The molecule has 1 heterocycles. The molecular weight excluding hydrogens is 238 g/mol. The molecule has 0 atom stereocenters. The summed E-state index contributed by atoms with van der Waals surface area (Å²) in [6, 6.07) is 9.14. The minimum atomic E-state index is -0.00393. The smallest absolute Gasteiger partial charge is 0.194 e. The fourth-order valence-electron chi connectivity index (χ4n) is 2.10. The van der Waals surface area contributed by atoms with Crippen LogP contribution in [-0.4, -0.2) is 17.9 Å². The van der Waals surface area contributed by atoms with E-state index in [1.54, 1.807) is 13.2 Å². The Labute approximate surface area is 113 Å². The van der Waals surface area contributed by atoms with Crippen molar-refractivity contribution in [2.45, 2.75) is 20.8 Å². The van der Waals surface area contributed by atoms with Crippen molar-refractivity contribution in [1.29, 1.82) is 0 Å². The van der Waals surface area contributed by atoms with Crippen LogP contribution in [0.15, 0.2) is 30.3 Å². The van der Waals surface area contributed by atoms with E-state index in [1.807, 2.05) is 45.0 Å². The molecule has 0 amide bonds. The van der Waals surface area contributed by atoms with E-state index in [2.05, 4.69) is 4.98 Å². The summed E-state index contributed by atoms with van der Waals surface area (Å²) < 4.78 is 5.20. The van der Waals surface area contributed by atoms with Gasteiger partial charge in [0.15, 0.2) is 5.78 Å². The molecule has 0 saturated carbocycles. The van der Waals surface area contributed by atoms with Crippen LogP contribution in [0.2, 0.25) is 0 Å². The molecule has 0 unspecified atom stereocenters. The fourth-order valence-corrected chi connectivity index (χ4v) is 2.10. The molecule has 1 aromatic heterocycles. The van der Waals surface area contributed by atoms with Crippen molar-refractivity contribution in [3.63, 3.8) is 0 Å². The molecule has 2 rings (SSSR count). The van der Waals surface area contributed by atoms with Crippen LogP contribution in [0.5, 0.6) is 5.75 Å². The summed E-state index contributed by atoms with van der Waals surface area (Å²) in [6.07, 6.45) is 0. The van der Waals surface area contributed by atoms with E-state index in [1.165, 1.54) is 0 Å². The number of rotatable bonds is 3. The molecule has 0 aliphatic heterocycles. The first-order chi connectivity index (χ1) is 9.02. The van der Waals surface area contributed by atoms with Gasteiger partial charge in [0.25, 0.3) is 0 Å². The summed E-state index contributed by atoms with van der Waals surface area (Å²) in [5, 5.41) is 0. The number of ketones is 1. The van der Waals surface area contributed by atoms with E-state index in [4.69, 9.17) is 4.74 Å². The average molecular weight is 255 g/mol. The van der Waals surface area contributed by atoms with Gasteiger partial charge in [-0.25, -0.2) is 0 Å². The maximum absolute atomic E-state index is 12.4. The summed E-state index contributed by atoms with van der Waals surface area (Å²) in [4.78, 5) is 16.8. The first-order valence-electron chi connectivity index (χ1n) is 6.16. The average Bonchev–Trinajstić information content (AvgIpc) is 2.38. The predicted octanol–water partition coefficient (Wildman–Crippen LogP) is 3.25. The number of aromatic nitrogens is 1. The lowest BCUT2D eigenvalue weighted by molar-refractivity contribution is 0.103. The molecule has 0 spiro atoms. The van der Waals surface area contributed by atoms with Gasteiger partial charge in [0.05, 0.1) is 7.11 Å². The highest BCUT2D eigenvalue weighted by molar-refractivity contribution is 6.09. The van der Waals surface area contributed by atoms with E-state index in [0.29, 0.717) is 11.1 Å². The Morgan fingerprint density at radius 1 is 1.11 bits per heavy atom. The molecular formula is C16H17NO2. The van der Waals surface area contributed by atoms with Crippen LogP contribution in [0, 0.1) is 20.8 Å². The molecule has 2 aromatic rings. The van der Waals surface area contributed by atoms with Gasteiger partial charge in [-0.15, -0.1) is 0 Å². The van der Waals surface area contributed by atoms with Gasteiger partial charge in [0.1, 0.15) is 5.75 Å². The van der Waals surface area contributed by atoms with Crippen LogP contribution in [0.25, 0.3) is 0 Å². The van der Waals surface area contributed by atoms with E-state index in [9.17, 15) is 4.79 Å². The largest absolute Gasteiger partial charge is 0.496 e. The van der Waals surface area contributed by atoms with E-state index >= 15 is 0 Å². The third kappa shape index (κ3) is 2.65. The maximum Gasteiger partial charge on any atom is 0.194 e. The molecule has 98 valence electrons. The predicted molar refractivity (Wildman–Crippen MR) is 74.9 cm³/mol. The van der Waals surface area contributed by atoms with Crippen molar-refractivity contribution in [1.82, 2.24) is 4.98 Å². The molecule has 0 bridgehead atoms. The van der Waals surface area contributed by atoms with Crippen LogP contribution in [0.4, 0.5) is 0 Å². The number of methoxy groups -OCH3 is 1. The first-order valence-corrected chi connectivity index (χ1v) is 6.16. The zero-order chi connectivity index (χ0) is 14.0. The van der Waals surface area contributed by atoms with Gasteiger partial charge in [-0.3, -0.25) is 9.78 Å². The number of ether oxygens (including phenoxy) is 1. The lowest BCUT2D eigenvalue weighted by Crippen LogP contribution is -2.06. The van der Waals surface area contributed by atoms with Gasteiger partial charge in [0.2, 0.25) is 0 Å².